The number of hydrogen-bond acceptors (Lipinski definition) is 7. The number of benzene rings is 2. The molecular formula is C22H23N3O5S. The Morgan fingerprint density at radius 3 is 2.48 bits per heavy atom. The molecule has 2 aromatic carbocycles. The Morgan fingerprint density at radius 1 is 1.00 bits per heavy atom. The molecule has 162 valence electrons. The number of nitrogens with one attached hydrogen (secondary N) is 2. The molecule has 0 saturated carbocycles. The number of aromatic nitrogens is 1. The third-order valence-corrected chi connectivity index (χ3v) is 6.30. The maximum Gasteiger partial charge on any atom is 0.239 e. The molecule has 0 spiro atoms. The van der Waals surface area contributed by atoms with Crippen LogP contribution in [0.5, 0.6) is 11.5 Å². The average molecular weight is 442 g/mol. The normalized spacial score (nSPS) is 10.9. The third kappa shape index (κ3) is 5.32. The lowest BCUT2D eigenvalue weighted by atomic mass is 10.3. The van der Waals surface area contributed by atoms with Crippen LogP contribution in [-0.2, 0) is 21.2 Å². The minimum atomic E-state index is -3.87. The van der Waals surface area contributed by atoms with E-state index >= 15 is 0 Å². The molecule has 0 aliphatic carbocycles. The Bertz CT molecular complexity index is 1150. The van der Waals surface area contributed by atoms with Crippen molar-refractivity contribution in [2.45, 2.75) is 16.3 Å². The summed E-state index contributed by atoms with van der Waals surface area (Å²) in [7, 11) is -0.953. The SMILES string of the molecule is COc1ccc(S(=O)(=O)c2ccccc2NCC(=O)NCc2cccnc2)cc1OC. The van der Waals surface area contributed by atoms with E-state index in [2.05, 4.69) is 15.6 Å². The van der Waals surface area contributed by atoms with Crippen LogP contribution >= 0.6 is 0 Å². The Balaban J connectivity index is 1.76. The van der Waals surface area contributed by atoms with E-state index in [4.69, 9.17) is 9.47 Å². The third-order valence-electron chi connectivity index (χ3n) is 4.49. The van der Waals surface area contributed by atoms with Gasteiger partial charge in [0.25, 0.3) is 0 Å². The number of anilines is 1. The van der Waals surface area contributed by atoms with Crippen molar-refractivity contribution in [1.29, 1.82) is 0 Å². The van der Waals surface area contributed by atoms with Crippen LogP contribution in [0.15, 0.2) is 76.8 Å². The lowest BCUT2D eigenvalue weighted by Gasteiger charge is -2.14. The number of ether oxygens (including phenoxy) is 2. The van der Waals surface area contributed by atoms with Crippen LogP contribution in [0.1, 0.15) is 5.56 Å². The zero-order valence-corrected chi connectivity index (χ0v) is 18.0. The highest BCUT2D eigenvalue weighted by Gasteiger charge is 2.23. The van der Waals surface area contributed by atoms with Crippen molar-refractivity contribution in [1.82, 2.24) is 10.3 Å². The Hall–Kier alpha value is -3.59. The fourth-order valence-electron chi connectivity index (χ4n) is 2.90. The Kier molecular flexibility index (Phi) is 7.09. The van der Waals surface area contributed by atoms with E-state index in [0.29, 0.717) is 23.7 Å². The molecule has 3 aromatic rings. The molecule has 1 aromatic heterocycles. The molecule has 2 N–H and O–H groups in total. The monoisotopic (exact) mass is 441 g/mol. The molecule has 1 heterocycles. The molecule has 8 nitrogen and oxygen atoms in total. The molecule has 31 heavy (non-hydrogen) atoms. The summed E-state index contributed by atoms with van der Waals surface area (Å²) in [5.74, 6) is 0.462. The fourth-order valence-corrected chi connectivity index (χ4v) is 4.35. The van der Waals surface area contributed by atoms with Crippen LogP contribution in [0.4, 0.5) is 5.69 Å². The number of methoxy groups -OCH3 is 2. The first-order valence-electron chi connectivity index (χ1n) is 9.41. The highest BCUT2D eigenvalue weighted by Crippen LogP contribution is 2.33. The zero-order chi connectivity index (χ0) is 22.3. The van der Waals surface area contributed by atoms with Crippen molar-refractivity contribution in [3.8, 4) is 11.5 Å². The summed E-state index contributed by atoms with van der Waals surface area (Å²) < 4.78 is 36.9. The smallest absolute Gasteiger partial charge is 0.239 e. The molecule has 0 saturated heterocycles. The van der Waals surface area contributed by atoms with Gasteiger partial charge in [0.15, 0.2) is 11.5 Å². The number of amides is 1. The van der Waals surface area contributed by atoms with Crippen molar-refractivity contribution in [2.75, 3.05) is 26.1 Å². The van der Waals surface area contributed by atoms with Gasteiger partial charge in [0.05, 0.1) is 36.2 Å². The maximum absolute atomic E-state index is 13.2. The van der Waals surface area contributed by atoms with E-state index in [0.717, 1.165) is 5.56 Å². The topological polar surface area (TPSA) is 107 Å². The molecule has 0 aliphatic rings. The second-order valence-electron chi connectivity index (χ2n) is 6.51. The van der Waals surface area contributed by atoms with Crippen LogP contribution in [-0.4, -0.2) is 40.1 Å². The first kappa shape index (κ1) is 22.1. The van der Waals surface area contributed by atoms with Gasteiger partial charge in [-0.15, -0.1) is 0 Å². The largest absolute Gasteiger partial charge is 0.493 e. The second kappa shape index (κ2) is 9.94. The van der Waals surface area contributed by atoms with Gasteiger partial charge in [-0.2, -0.15) is 0 Å². The van der Waals surface area contributed by atoms with Crippen molar-refractivity contribution < 1.29 is 22.7 Å². The predicted molar refractivity (Wildman–Crippen MR) is 116 cm³/mol. The molecule has 0 bridgehead atoms. The number of nitrogens with zero attached hydrogens (tertiary/aromatic N) is 1. The quantitative estimate of drug-likeness (QED) is 0.526. The van der Waals surface area contributed by atoms with Crippen LogP contribution < -0.4 is 20.1 Å². The Morgan fingerprint density at radius 2 is 1.77 bits per heavy atom. The van der Waals surface area contributed by atoms with E-state index in [1.807, 2.05) is 6.07 Å². The summed E-state index contributed by atoms with van der Waals surface area (Å²) in [4.78, 5) is 16.3. The molecule has 1 amide bonds. The molecule has 0 unspecified atom stereocenters. The van der Waals surface area contributed by atoms with Crippen molar-refractivity contribution in [3.63, 3.8) is 0 Å². The van der Waals surface area contributed by atoms with Crippen LogP contribution in [0.25, 0.3) is 0 Å². The molecule has 9 heteroatoms. The van der Waals surface area contributed by atoms with Crippen LogP contribution in [0.3, 0.4) is 0 Å². The van der Waals surface area contributed by atoms with Gasteiger partial charge < -0.3 is 20.1 Å². The summed E-state index contributed by atoms with van der Waals surface area (Å²) in [5.41, 5.74) is 1.20. The molecular weight excluding hydrogens is 418 g/mol. The standard InChI is InChI=1S/C22H23N3O5S/c1-29-19-10-9-17(12-20(19)30-2)31(27,28)21-8-4-3-7-18(21)24-15-22(26)25-14-16-6-5-11-23-13-16/h3-13,24H,14-15H2,1-2H3,(H,25,26). The van der Waals surface area contributed by atoms with E-state index in [-0.39, 0.29) is 22.2 Å². The van der Waals surface area contributed by atoms with Crippen LogP contribution in [0, 0.1) is 0 Å². The lowest BCUT2D eigenvalue weighted by Crippen LogP contribution is -2.29. The van der Waals surface area contributed by atoms with E-state index < -0.39 is 9.84 Å². The van der Waals surface area contributed by atoms with Gasteiger partial charge in [-0.05, 0) is 35.9 Å². The zero-order valence-electron chi connectivity index (χ0n) is 17.2. The number of sulfone groups is 1. The fraction of sp³-hybridized carbons (Fsp3) is 0.182. The Labute approximate surface area is 181 Å². The lowest BCUT2D eigenvalue weighted by molar-refractivity contribution is -0.119. The second-order valence-corrected chi connectivity index (χ2v) is 8.43. The number of hydrogen-bond donors (Lipinski definition) is 2. The van der Waals surface area contributed by atoms with Gasteiger partial charge in [-0.1, -0.05) is 18.2 Å². The maximum atomic E-state index is 13.2. The van der Waals surface area contributed by atoms with Gasteiger partial charge in [-0.25, -0.2) is 8.42 Å². The summed E-state index contributed by atoms with van der Waals surface area (Å²) in [6, 6.07) is 14.5. The minimum absolute atomic E-state index is 0.0560. The van der Waals surface area contributed by atoms with E-state index in [9.17, 15) is 13.2 Å². The van der Waals surface area contributed by atoms with Crippen molar-refractivity contribution >= 4 is 21.4 Å². The molecule has 0 fully saturated rings. The summed E-state index contributed by atoms with van der Waals surface area (Å²) in [5, 5.41) is 5.68. The molecule has 0 aliphatic heterocycles. The first-order chi connectivity index (χ1) is 15.0. The molecule has 0 radical (unpaired) electrons. The minimum Gasteiger partial charge on any atom is -0.493 e. The van der Waals surface area contributed by atoms with Gasteiger partial charge in [0.1, 0.15) is 0 Å². The van der Waals surface area contributed by atoms with Crippen molar-refractivity contribution in [2.24, 2.45) is 0 Å². The highest BCUT2D eigenvalue weighted by molar-refractivity contribution is 7.91. The number of para-hydroxylation sites is 1. The van der Waals surface area contributed by atoms with Gasteiger partial charge in [-0.3, -0.25) is 9.78 Å². The number of rotatable bonds is 9. The highest BCUT2D eigenvalue weighted by atomic mass is 32.2. The average Bonchev–Trinajstić information content (AvgIpc) is 2.81. The van der Waals surface area contributed by atoms with E-state index in [1.165, 1.54) is 38.5 Å². The van der Waals surface area contributed by atoms with Crippen LogP contribution in [0.2, 0.25) is 0 Å². The van der Waals surface area contributed by atoms with Gasteiger partial charge in [0.2, 0.25) is 15.7 Å². The predicted octanol–water partition coefficient (Wildman–Crippen LogP) is 2.66. The summed E-state index contributed by atoms with van der Waals surface area (Å²) >= 11 is 0. The number of carbonyl (C=O) groups excluding carboxylic acids is 1. The summed E-state index contributed by atoms with van der Waals surface area (Å²) in [6.07, 6.45) is 3.32. The number of carbonyl (C=O) groups is 1. The van der Waals surface area contributed by atoms with E-state index in [1.54, 1.807) is 36.7 Å². The van der Waals surface area contributed by atoms with Gasteiger partial charge in [0, 0.05) is 25.0 Å². The van der Waals surface area contributed by atoms with Crippen molar-refractivity contribution in [3.05, 3.63) is 72.6 Å². The number of pyridine rings is 1. The summed E-state index contributed by atoms with van der Waals surface area (Å²) in [6.45, 7) is 0.249. The first-order valence-corrected chi connectivity index (χ1v) is 10.9. The van der Waals surface area contributed by atoms with Gasteiger partial charge >= 0.3 is 0 Å². The molecule has 3 rings (SSSR count). The molecule has 0 atom stereocenters.